The molecule has 1 N–H and O–H groups in total. The molecule has 4 nitrogen and oxygen atoms in total. The second-order valence-corrected chi connectivity index (χ2v) is 3.90. The molecule has 0 amide bonds. The summed E-state index contributed by atoms with van der Waals surface area (Å²) in [5.74, 6) is 0. The molecule has 3 atom stereocenters. The fourth-order valence-corrected chi connectivity index (χ4v) is 1.97. The molecule has 2 rings (SSSR count). The molecular formula is C10H18O4. The molecule has 2 aliphatic rings. The highest BCUT2D eigenvalue weighted by Crippen LogP contribution is 2.23. The van der Waals surface area contributed by atoms with Crippen molar-refractivity contribution in [3.63, 3.8) is 0 Å². The fourth-order valence-electron chi connectivity index (χ4n) is 1.97. The van der Waals surface area contributed by atoms with Crippen molar-refractivity contribution in [1.29, 1.82) is 0 Å². The summed E-state index contributed by atoms with van der Waals surface area (Å²) in [6, 6.07) is 0. The number of rotatable bonds is 4. The van der Waals surface area contributed by atoms with Gasteiger partial charge in [-0.15, -0.1) is 0 Å². The van der Waals surface area contributed by atoms with E-state index >= 15 is 0 Å². The molecule has 0 aromatic carbocycles. The Labute approximate surface area is 84.1 Å². The van der Waals surface area contributed by atoms with Crippen LogP contribution in [0.2, 0.25) is 0 Å². The van der Waals surface area contributed by atoms with Crippen LogP contribution >= 0.6 is 0 Å². The highest BCUT2D eigenvalue weighted by atomic mass is 16.7. The lowest BCUT2D eigenvalue weighted by molar-refractivity contribution is -0.0873. The maximum Gasteiger partial charge on any atom is 0.160 e. The van der Waals surface area contributed by atoms with Crippen molar-refractivity contribution >= 4 is 0 Å². The molecule has 2 fully saturated rings. The van der Waals surface area contributed by atoms with Crippen LogP contribution in [-0.2, 0) is 14.2 Å². The summed E-state index contributed by atoms with van der Waals surface area (Å²) < 4.78 is 16.6. The van der Waals surface area contributed by atoms with E-state index in [0.29, 0.717) is 19.1 Å². The summed E-state index contributed by atoms with van der Waals surface area (Å²) in [5, 5.41) is 8.74. The number of hydrogen-bond donors (Lipinski definition) is 1. The average molecular weight is 202 g/mol. The molecule has 2 heterocycles. The van der Waals surface area contributed by atoms with Crippen molar-refractivity contribution in [1.82, 2.24) is 0 Å². The lowest BCUT2D eigenvalue weighted by Crippen LogP contribution is -2.19. The van der Waals surface area contributed by atoms with Gasteiger partial charge >= 0.3 is 0 Å². The van der Waals surface area contributed by atoms with Gasteiger partial charge in [0.25, 0.3) is 0 Å². The van der Waals surface area contributed by atoms with Crippen LogP contribution in [0.4, 0.5) is 0 Å². The van der Waals surface area contributed by atoms with Crippen LogP contribution < -0.4 is 0 Å². The van der Waals surface area contributed by atoms with Crippen LogP contribution in [0, 0.1) is 0 Å². The second-order valence-electron chi connectivity index (χ2n) is 3.90. The fraction of sp³-hybridized carbons (Fsp3) is 1.00. The zero-order valence-electron chi connectivity index (χ0n) is 8.35. The first-order chi connectivity index (χ1) is 6.88. The largest absolute Gasteiger partial charge is 0.396 e. The molecular weight excluding hydrogens is 184 g/mol. The van der Waals surface area contributed by atoms with E-state index in [4.69, 9.17) is 19.3 Å². The van der Waals surface area contributed by atoms with Gasteiger partial charge in [0.15, 0.2) is 6.29 Å². The number of aliphatic hydroxyl groups excluding tert-OH is 1. The second kappa shape index (κ2) is 5.07. The minimum Gasteiger partial charge on any atom is -0.396 e. The molecule has 0 aromatic heterocycles. The lowest BCUT2D eigenvalue weighted by Gasteiger charge is -2.14. The quantitative estimate of drug-likeness (QED) is 0.728. The van der Waals surface area contributed by atoms with E-state index in [1.807, 2.05) is 0 Å². The van der Waals surface area contributed by atoms with E-state index in [2.05, 4.69) is 0 Å². The highest BCUT2D eigenvalue weighted by Gasteiger charge is 2.29. The summed E-state index contributed by atoms with van der Waals surface area (Å²) in [5.41, 5.74) is 0. The van der Waals surface area contributed by atoms with E-state index in [-0.39, 0.29) is 19.0 Å². The Hall–Kier alpha value is -0.160. The first-order valence-electron chi connectivity index (χ1n) is 5.38. The maximum atomic E-state index is 8.74. The van der Waals surface area contributed by atoms with Gasteiger partial charge in [-0.1, -0.05) is 0 Å². The molecule has 4 heteroatoms. The minimum atomic E-state index is -0.116. The molecule has 0 spiro atoms. The van der Waals surface area contributed by atoms with E-state index in [1.54, 1.807) is 0 Å². The normalized spacial score (nSPS) is 37.9. The summed E-state index contributed by atoms with van der Waals surface area (Å²) >= 11 is 0. The molecule has 82 valence electrons. The van der Waals surface area contributed by atoms with Gasteiger partial charge in [-0.05, 0) is 19.3 Å². The predicted molar refractivity (Wildman–Crippen MR) is 49.9 cm³/mol. The molecule has 14 heavy (non-hydrogen) atoms. The number of hydrogen-bond acceptors (Lipinski definition) is 4. The van der Waals surface area contributed by atoms with Crippen LogP contribution in [0.15, 0.2) is 0 Å². The van der Waals surface area contributed by atoms with Crippen molar-refractivity contribution in [2.45, 2.75) is 44.2 Å². The van der Waals surface area contributed by atoms with Crippen LogP contribution in [0.25, 0.3) is 0 Å². The summed E-state index contributed by atoms with van der Waals surface area (Å²) in [7, 11) is 0. The summed E-state index contributed by atoms with van der Waals surface area (Å²) in [6.07, 6.45) is 4.05. The van der Waals surface area contributed by atoms with Gasteiger partial charge in [-0.3, -0.25) is 0 Å². The van der Waals surface area contributed by atoms with E-state index in [9.17, 15) is 0 Å². The first kappa shape index (κ1) is 10.4. The van der Waals surface area contributed by atoms with Crippen LogP contribution in [0.3, 0.4) is 0 Å². The molecule has 0 saturated carbocycles. The minimum absolute atomic E-state index is 0.0754. The Morgan fingerprint density at radius 1 is 1.21 bits per heavy atom. The third-order valence-electron chi connectivity index (χ3n) is 2.74. The summed E-state index contributed by atoms with van der Waals surface area (Å²) in [6.45, 7) is 1.65. The lowest BCUT2D eigenvalue weighted by atomic mass is 10.2. The van der Waals surface area contributed by atoms with Crippen LogP contribution in [0.5, 0.6) is 0 Å². The Morgan fingerprint density at radius 2 is 2.14 bits per heavy atom. The Balaban J connectivity index is 1.67. The Bertz CT molecular complexity index is 168. The van der Waals surface area contributed by atoms with Gasteiger partial charge in [0.1, 0.15) is 0 Å². The monoisotopic (exact) mass is 202 g/mol. The van der Waals surface area contributed by atoms with Crippen LogP contribution in [0.1, 0.15) is 25.7 Å². The highest BCUT2D eigenvalue weighted by molar-refractivity contribution is 4.71. The zero-order chi connectivity index (χ0) is 9.80. The molecule has 0 bridgehead atoms. The van der Waals surface area contributed by atoms with Crippen molar-refractivity contribution in [3.8, 4) is 0 Å². The van der Waals surface area contributed by atoms with Gasteiger partial charge in [0.05, 0.1) is 18.8 Å². The first-order valence-corrected chi connectivity index (χ1v) is 5.38. The molecule has 0 radical (unpaired) electrons. The van der Waals surface area contributed by atoms with Gasteiger partial charge in [-0.25, -0.2) is 0 Å². The smallest absolute Gasteiger partial charge is 0.160 e. The van der Waals surface area contributed by atoms with Gasteiger partial charge in [0, 0.05) is 19.6 Å². The van der Waals surface area contributed by atoms with E-state index < -0.39 is 0 Å². The topological polar surface area (TPSA) is 47.9 Å². The van der Waals surface area contributed by atoms with Gasteiger partial charge in [-0.2, -0.15) is 0 Å². The van der Waals surface area contributed by atoms with Crippen molar-refractivity contribution in [3.05, 3.63) is 0 Å². The average Bonchev–Trinajstić information content (AvgIpc) is 2.79. The van der Waals surface area contributed by atoms with Gasteiger partial charge < -0.3 is 19.3 Å². The van der Waals surface area contributed by atoms with Gasteiger partial charge in [0.2, 0.25) is 0 Å². The van der Waals surface area contributed by atoms with Crippen molar-refractivity contribution in [2.75, 3.05) is 19.8 Å². The third kappa shape index (κ3) is 2.67. The Kier molecular flexibility index (Phi) is 3.75. The standard InChI is InChI=1S/C10H18O4/c11-4-3-9-7-13-10(14-9)6-8-2-1-5-12-8/h8-11H,1-7H2. The predicted octanol–water partition coefficient (Wildman–Crippen LogP) is 0.679. The van der Waals surface area contributed by atoms with Crippen molar-refractivity contribution < 1.29 is 19.3 Å². The SMILES string of the molecule is OCCC1COC(CC2CCCO2)O1. The number of aliphatic hydroxyl groups is 1. The third-order valence-corrected chi connectivity index (χ3v) is 2.74. The molecule has 0 aliphatic carbocycles. The number of ether oxygens (including phenoxy) is 3. The molecule has 2 aliphatic heterocycles. The molecule has 0 aromatic rings. The Morgan fingerprint density at radius 3 is 2.86 bits per heavy atom. The van der Waals surface area contributed by atoms with Crippen LogP contribution in [-0.4, -0.2) is 43.4 Å². The van der Waals surface area contributed by atoms with Crippen molar-refractivity contribution in [2.24, 2.45) is 0 Å². The maximum absolute atomic E-state index is 8.74. The zero-order valence-corrected chi connectivity index (χ0v) is 8.35. The summed E-state index contributed by atoms with van der Waals surface area (Å²) in [4.78, 5) is 0. The molecule has 2 saturated heterocycles. The van der Waals surface area contributed by atoms with E-state index in [0.717, 1.165) is 25.9 Å². The molecule has 3 unspecified atom stereocenters. The van der Waals surface area contributed by atoms with E-state index in [1.165, 1.54) is 0 Å².